The van der Waals surface area contributed by atoms with Gasteiger partial charge in [-0.15, -0.1) is 24.0 Å². The molecule has 0 aromatic heterocycles. The first-order valence-corrected chi connectivity index (χ1v) is 6.35. The highest BCUT2D eigenvalue weighted by atomic mass is 127. The molecule has 0 heterocycles. The molecule has 0 amide bonds. The zero-order valence-corrected chi connectivity index (χ0v) is 14.5. The van der Waals surface area contributed by atoms with Crippen LogP contribution in [0.4, 0.5) is 0 Å². The highest BCUT2D eigenvalue weighted by Crippen LogP contribution is 2.16. The van der Waals surface area contributed by atoms with Gasteiger partial charge in [0.1, 0.15) is 12.4 Å². The maximum absolute atomic E-state index is 5.86. The molecular formula is C13H21ClIN3O. The second-order valence-electron chi connectivity index (χ2n) is 4.10. The molecule has 19 heavy (non-hydrogen) atoms. The molecular weight excluding hydrogens is 377 g/mol. The number of rotatable bonds is 5. The predicted octanol–water partition coefficient (Wildman–Crippen LogP) is 2.91. The van der Waals surface area contributed by atoms with E-state index in [1.807, 2.05) is 18.2 Å². The molecule has 0 radical (unpaired) electrons. The van der Waals surface area contributed by atoms with Crippen LogP contribution in [0.15, 0.2) is 29.3 Å². The van der Waals surface area contributed by atoms with Gasteiger partial charge in [0, 0.05) is 18.1 Å². The Morgan fingerprint density at radius 3 is 2.74 bits per heavy atom. The van der Waals surface area contributed by atoms with Gasteiger partial charge in [-0.2, -0.15) is 0 Å². The van der Waals surface area contributed by atoms with Crippen molar-refractivity contribution in [2.24, 2.45) is 4.99 Å². The molecule has 0 fully saturated rings. The summed E-state index contributed by atoms with van der Waals surface area (Å²) in [6.45, 7) is 5.36. The van der Waals surface area contributed by atoms with Gasteiger partial charge >= 0.3 is 0 Å². The largest absolute Gasteiger partial charge is 0.492 e. The lowest BCUT2D eigenvalue weighted by Crippen LogP contribution is -2.42. The number of nitrogens with zero attached hydrogens (tertiary/aromatic N) is 1. The smallest absolute Gasteiger partial charge is 0.191 e. The molecule has 0 unspecified atom stereocenters. The number of benzene rings is 1. The number of hydrogen-bond acceptors (Lipinski definition) is 2. The predicted molar refractivity (Wildman–Crippen MR) is 92.0 cm³/mol. The fourth-order valence-electron chi connectivity index (χ4n) is 1.36. The van der Waals surface area contributed by atoms with Crippen LogP contribution >= 0.6 is 35.6 Å². The van der Waals surface area contributed by atoms with Crippen molar-refractivity contribution in [3.63, 3.8) is 0 Å². The van der Waals surface area contributed by atoms with Crippen LogP contribution in [0.2, 0.25) is 5.02 Å². The molecule has 0 aliphatic heterocycles. The van der Waals surface area contributed by atoms with Gasteiger partial charge in [-0.25, -0.2) is 0 Å². The molecule has 4 nitrogen and oxygen atoms in total. The van der Waals surface area contributed by atoms with E-state index < -0.39 is 0 Å². The highest BCUT2D eigenvalue weighted by molar-refractivity contribution is 14.0. The zero-order chi connectivity index (χ0) is 13.4. The number of halogens is 2. The Hall–Kier alpha value is -0.690. The Kier molecular flexibility index (Phi) is 9.77. The summed E-state index contributed by atoms with van der Waals surface area (Å²) in [5.74, 6) is 1.55. The minimum Gasteiger partial charge on any atom is -0.492 e. The minimum absolute atomic E-state index is 0. The standard InChI is InChI=1S/C13H20ClN3O.HI/c1-10(2)17-13(15-3)16-7-8-18-12-6-4-5-11(14)9-12;/h4-6,9-10H,7-8H2,1-3H3,(H2,15,16,17);1H. The van der Waals surface area contributed by atoms with Crippen LogP contribution in [0.25, 0.3) is 0 Å². The molecule has 2 N–H and O–H groups in total. The quantitative estimate of drug-likeness (QED) is 0.348. The van der Waals surface area contributed by atoms with Crippen molar-refractivity contribution in [3.8, 4) is 5.75 Å². The fourth-order valence-corrected chi connectivity index (χ4v) is 1.54. The Balaban J connectivity index is 0.00000324. The van der Waals surface area contributed by atoms with Gasteiger partial charge in [0.2, 0.25) is 0 Å². The third kappa shape index (κ3) is 8.15. The Bertz CT molecular complexity index is 399. The topological polar surface area (TPSA) is 45.7 Å². The van der Waals surface area contributed by atoms with Crippen molar-refractivity contribution in [1.29, 1.82) is 0 Å². The molecule has 0 spiro atoms. The lowest BCUT2D eigenvalue weighted by molar-refractivity contribution is 0.322. The number of ether oxygens (including phenoxy) is 1. The van der Waals surface area contributed by atoms with Crippen molar-refractivity contribution >= 4 is 41.5 Å². The monoisotopic (exact) mass is 397 g/mol. The van der Waals surface area contributed by atoms with E-state index in [1.165, 1.54) is 0 Å². The van der Waals surface area contributed by atoms with Gasteiger partial charge in [0.15, 0.2) is 5.96 Å². The van der Waals surface area contributed by atoms with Crippen molar-refractivity contribution < 1.29 is 4.74 Å². The Labute approximate surface area is 137 Å². The number of aliphatic imine (C=N–C) groups is 1. The van der Waals surface area contributed by atoms with Gasteiger partial charge < -0.3 is 15.4 Å². The summed E-state index contributed by atoms with van der Waals surface area (Å²) in [5.41, 5.74) is 0. The van der Waals surface area contributed by atoms with E-state index in [9.17, 15) is 0 Å². The first-order chi connectivity index (χ1) is 8.61. The van der Waals surface area contributed by atoms with E-state index >= 15 is 0 Å². The van der Waals surface area contributed by atoms with E-state index in [-0.39, 0.29) is 24.0 Å². The normalized spacial score (nSPS) is 10.9. The third-order valence-electron chi connectivity index (χ3n) is 2.11. The van der Waals surface area contributed by atoms with Crippen LogP contribution in [0.1, 0.15) is 13.8 Å². The summed E-state index contributed by atoms with van der Waals surface area (Å²) < 4.78 is 5.56. The molecule has 108 valence electrons. The molecule has 0 atom stereocenters. The van der Waals surface area contributed by atoms with Gasteiger partial charge in [0.05, 0.1) is 6.54 Å². The van der Waals surface area contributed by atoms with E-state index in [2.05, 4.69) is 29.5 Å². The first kappa shape index (κ1) is 18.3. The second-order valence-corrected chi connectivity index (χ2v) is 4.54. The summed E-state index contributed by atoms with van der Waals surface area (Å²) >= 11 is 5.86. The van der Waals surface area contributed by atoms with Gasteiger partial charge in [-0.05, 0) is 32.0 Å². The molecule has 6 heteroatoms. The summed E-state index contributed by atoms with van der Waals surface area (Å²) in [5, 5.41) is 7.04. The van der Waals surface area contributed by atoms with Crippen LogP contribution in [0.5, 0.6) is 5.75 Å². The van der Waals surface area contributed by atoms with Crippen LogP contribution in [-0.2, 0) is 0 Å². The minimum atomic E-state index is 0. The summed E-state index contributed by atoms with van der Waals surface area (Å²) in [6, 6.07) is 7.71. The molecule has 0 aliphatic carbocycles. The Morgan fingerprint density at radius 2 is 2.16 bits per heavy atom. The fraction of sp³-hybridized carbons (Fsp3) is 0.462. The maximum atomic E-state index is 5.86. The van der Waals surface area contributed by atoms with Gasteiger partial charge in [0.25, 0.3) is 0 Å². The average Bonchev–Trinajstić information content (AvgIpc) is 2.32. The second kappa shape index (κ2) is 10.1. The number of nitrogens with one attached hydrogen (secondary N) is 2. The molecule has 1 aromatic carbocycles. The first-order valence-electron chi connectivity index (χ1n) is 5.97. The number of hydrogen-bond donors (Lipinski definition) is 2. The average molecular weight is 398 g/mol. The van der Waals surface area contributed by atoms with E-state index in [0.717, 1.165) is 11.7 Å². The van der Waals surface area contributed by atoms with Gasteiger partial charge in [-0.1, -0.05) is 17.7 Å². The van der Waals surface area contributed by atoms with Crippen molar-refractivity contribution in [2.75, 3.05) is 20.2 Å². The van der Waals surface area contributed by atoms with E-state index in [1.54, 1.807) is 13.1 Å². The summed E-state index contributed by atoms with van der Waals surface area (Å²) in [6.07, 6.45) is 0. The lowest BCUT2D eigenvalue weighted by Gasteiger charge is -2.14. The molecule has 0 bridgehead atoms. The van der Waals surface area contributed by atoms with E-state index in [0.29, 0.717) is 24.2 Å². The van der Waals surface area contributed by atoms with Crippen LogP contribution in [-0.4, -0.2) is 32.2 Å². The van der Waals surface area contributed by atoms with Crippen LogP contribution < -0.4 is 15.4 Å². The molecule has 0 saturated carbocycles. The van der Waals surface area contributed by atoms with Crippen molar-refractivity contribution in [3.05, 3.63) is 29.3 Å². The van der Waals surface area contributed by atoms with Gasteiger partial charge in [-0.3, -0.25) is 4.99 Å². The van der Waals surface area contributed by atoms with Crippen molar-refractivity contribution in [2.45, 2.75) is 19.9 Å². The number of guanidine groups is 1. The van der Waals surface area contributed by atoms with Crippen LogP contribution in [0.3, 0.4) is 0 Å². The van der Waals surface area contributed by atoms with Crippen molar-refractivity contribution in [1.82, 2.24) is 10.6 Å². The highest BCUT2D eigenvalue weighted by Gasteiger charge is 1.99. The summed E-state index contributed by atoms with van der Waals surface area (Å²) in [7, 11) is 1.75. The molecule has 0 saturated heterocycles. The SMILES string of the molecule is CN=C(NCCOc1cccc(Cl)c1)NC(C)C.I. The molecule has 1 rings (SSSR count). The van der Waals surface area contributed by atoms with Crippen LogP contribution in [0, 0.1) is 0 Å². The summed E-state index contributed by atoms with van der Waals surface area (Å²) in [4.78, 5) is 4.10. The molecule has 1 aromatic rings. The zero-order valence-electron chi connectivity index (χ0n) is 11.4. The Morgan fingerprint density at radius 1 is 1.42 bits per heavy atom. The maximum Gasteiger partial charge on any atom is 0.191 e. The molecule has 0 aliphatic rings. The lowest BCUT2D eigenvalue weighted by atomic mass is 10.3. The van der Waals surface area contributed by atoms with E-state index in [4.69, 9.17) is 16.3 Å². The third-order valence-corrected chi connectivity index (χ3v) is 2.34.